The highest BCUT2D eigenvalue weighted by Crippen LogP contribution is 2.29. The van der Waals surface area contributed by atoms with Gasteiger partial charge < -0.3 is 10.2 Å². The molecule has 5 heterocycles. The van der Waals surface area contributed by atoms with Crippen molar-refractivity contribution in [2.24, 2.45) is 0 Å². The maximum Gasteiger partial charge on any atom is 0.217 e. The summed E-state index contributed by atoms with van der Waals surface area (Å²) in [6, 6.07) is 8.18. The number of H-pyrrole nitrogens is 1. The fourth-order valence-electron chi connectivity index (χ4n) is 4.26. The van der Waals surface area contributed by atoms with Crippen molar-refractivity contribution in [2.45, 2.75) is 39.3 Å². The summed E-state index contributed by atoms with van der Waals surface area (Å²) in [5.41, 5.74) is 4.29. The average molecular weight is 431 g/mol. The minimum atomic E-state index is 0.00967. The fourth-order valence-corrected chi connectivity index (χ4v) is 4.26. The second-order valence-corrected chi connectivity index (χ2v) is 8.14. The number of rotatable bonds is 5. The molecule has 4 aromatic heterocycles. The molecule has 1 aliphatic heterocycles. The van der Waals surface area contributed by atoms with E-state index in [9.17, 15) is 4.79 Å². The van der Waals surface area contributed by atoms with Crippen molar-refractivity contribution in [2.75, 3.05) is 18.0 Å². The van der Waals surface area contributed by atoms with Crippen LogP contribution in [0.3, 0.4) is 0 Å². The van der Waals surface area contributed by atoms with E-state index < -0.39 is 0 Å². The lowest BCUT2D eigenvalue weighted by atomic mass is 10.1. The largest absolute Gasteiger partial charge is 0.355 e. The number of aromatic amines is 1. The molecule has 4 aromatic rings. The van der Waals surface area contributed by atoms with Gasteiger partial charge in [0.05, 0.1) is 29.3 Å². The number of aryl methyl sites for hydroxylation is 1. The molecule has 9 heteroatoms. The third-order valence-electron chi connectivity index (χ3n) is 5.83. The molecular formula is C23H26N8O. The van der Waals surface area contributed by atoms with Gasteiger partial charge in [0.1, 0.15) is 11.5 Å². The highest BCUT2D eigenvalue weighted by atomic mass is 16.1. The van der Waals surface area contributed by atoms with Crippen LogP contribution < -0.4 is 10.2 Å². The normalized spacial score (nSPS) is 16.4. The second-order valence-electron chi connectivity index (χ2n) is 8.14. The van der Waals surface area contributed by atoms with Crippen LogP contribution in [0.5, 0.6) is 0 Å². The Hall–Kier alpha value is -3.75. The zero-order valence-corrected chi connectivity index (χ0v) is 18.2. The lowest BCUT2D eigenvalue weighted by molar-refractivity contribution is -0.119. The van der Waals surface area contributed by atoms with E-state index in [1.807, 2.05) is 41.3 Å². The number of carbonyl (C=O) groups excluding carboxylic acids is 1. The molecule has 1 atom stereocenters. The Labute approximate surface area is 185 Å². The summed E-state index contributed by atoms with van der Waals surface area (Å²) in [6.07, 6.45) is 7.64. The molecule has 0 saturated carbocycles. The summed E-state index contributed by atoms with van der Waals surface area (Å²) < 4.78 is 1.88. The van der Waals surface area contributed by atoms with Crippen LogP contribution in [0, 0.1) is 0 Å². The molecule has 32 heavy (non-hydrogen) atoms. The number of hydrogen-bond acceptors (Lipinski definition) is 6. The molecule has 0 radical (unpaired) electrons. The van der Waals surface area contributed by atoms with E-state index in [0.717, 1.165) is 71.8 Å². The van der Waals surface area contributed by atoms with Crippen molar-refractivity contribution < 1.29 is 4.79 Å². The summed E-state index contributed by atoms with van der Waals surface area (Å²) in [4.78, 5) is 23.2. The maximum atomic E-state index is 11.5. The Balaban J connectivity index is 1.46. The van der Waals surface area contributed by atoms with Crippen LogP contribution in [0.15, 0.2) is 42.9 Å². The quantitative estimate of drug-likeness (QED) is 0.504. The molecule has 9 nitrogen and oxygen atoms in total. The Bertz CT molecular complexity index is 1260. The fraction of sp³-hybridized carbons (Fsp3) is 0.348. The van der Waals surface area contributed by atoms with E-state index >= 15 is 0 Å². The summed E-state index contributed by atoms with van der Waals surface area (Å²) in [7, 11) is 0. The molecule has 164 valence electrons. The van der Waals surface area contributed by atoms with Gasteiger partial charge in [0.15, 0.2) is 0 Å². The number of piperidine rings is 1. The standard InChI is InChI=1S/C23H26N8O/c1-3-31-13-16(11-25-31)20-10-18-21(12-24-20)28-29-23(18)19-7-4-8-22(27-19)30-9-5-6-17(14-30)26-15(2)32/h4,7-8,10-13,17H,3,5-6,9,14H2,1-2H3,(H,26,32)(H,28,29)/t17-/m1/s1. The number of hydrogen-bond donors (Lipinski definition) is 2. The highest BCUT2D eigenvalue weighted by Gasteiger charge is 2.22. The van der Waals surface area contributed by atoms with E-state index in [0.29, 0.717) is 0 Å². The molecule has 5 rings (SSSR count). The van der Waals surface area contributed by atoms with Crippen LogP contribution in [-0.2, 0) is 11.3 Å². The molecule has 0 aromatic carbocycles. The van der Waals surface area contributed by atoms with Gasteiger partial charge in [0.25, 0.3) is 0 Å². The zero-order valence-electron chi connectivity index (χ0n) is 18.2. The van der Waals surface area contributed by atoms with Gasteiger partial charge in [0.2, 0.25) is 5.91 Å². The van der Waals surface area contributed by atoms with Gasteiger partial charge in [-0.1, -0.05) is 6.07 Å². The van der Waals surface area contributed by atoms with Crippen LogP contribution in [0.2, 0.25) is 0 Å². The van der Waals surface area contributed by atoms with Gasteiger partial charge in [-0.2, -0.15) is 10.2 Å². The van der Waals surface area contributed by atoms with Gasteiger partial charge in [-0.05, 0) is 38.0 Å². The highest BCUT2D eigenvalue weighted by molar-refractivity contribution is 5.93. The van der Waals surface area contributed by atoms with Gasteiger partial charge >= 0.3 is 0 Å². The number of aromatic nitrogens is 6. The first-order valence-electron chi connectivity index (χ1n) is 11.0. The second kappa shape index (κ2) is 8.41. The minimum Gasteiger partial charge on any atom is -0.355 e. The Kier molecular flexibility index (Phi) is 5.30. The first-order chi connectivity index (χ1) is 15.6. The molecular weight excluding hydrogens is 404 g/mol. The Morgan fingerprint density at radius 3 is 3.00 bits per heavy atom. The van der Waals surface area contributed by atoms with E-state index in [1.165, 1.54) is 0 Å². The summed E-state index contributed by atoms with van der Waals surface area (Å²) in [6.45, 7) is 6.11. The van der Waals surface area contributed by atoms with Crippen molar-refractivity contribution in [3.63, 3.8) is 0 Å². The molecule has 0 aliphatic carbocycles. The number of pyridine rings is 2. The number of fused-ring (bicyclic) bond motifs is 1. The molecule has 0 bridgehead atoms. The third-order valence-corrected chi connectivity index (χ3v) is 5.83. The summed E-state index contributed by atoms with van der Waals surface area (Å²) >= 11 is 0. The van der Waals surface area contributed by atoms with E-state index in [4.69, 9.17) is 4.98 Å². The van der Waals surface area contributed by atoms with Crippen molar-refractivity contribution in [1.29, 1.82) is 0 Å². The smallest absolute Gasteiger partial charge is 0.217 e. The van der Waals surface area contributed by atoms with Crippen LogP contribution in [0.4, 0.5) is 5.82 Å². The number of nitrogens with one attached hydrogen (secondary N) is 2. The van der Waals surface area contributed by atoms with Crippen molar-refractivity contribution in [3.05, 3.63) is 42.9 Å². The first-order valence-corrected chi connectivity index (χ1v) is 11.0. The van der Waals surface area contributed by atoms with Crippen molar-refractivity contribution >= 4 is 22.6 Å². The number of nitrogens with zero attached hydrogens (tertiary/aromatic N) is 6. The van der Waals surface area contributed by atoms with E-state index in [2.05, 4.69) is 37.4 Å². The average Bonchev–Trinajstić information content (AvgIpc) is 3.46. The van der Waals surface area contributed by atoms with Crippen LogP contribution in [0.25, 0.3) is 33.5 Å². The lowest BCUT2D eigenvalue weighted by Gasteiger charge is -2.33. The summed E-state index contributed by atoms with van der Waals surface area (Å²) in [5.74, 6) is 0.905. The van der Waals surface area contributed by atoms with Gasteiger partial charge in [-0.15, -0.1) is 0 Å². The topological polar surface area (TPSA) is 105 Å². The zero-order chi connectivity index (χ0) is 22.1. The molecule has 0 spiro atoms. The van der Waals surface area contributed by atoms with Crippen LogP contribution in [-0.4, -0.2) is 55.0 Å². The Morgan fingerprint density at radius 1 is 1.28 bits per heavy atom. The maximum absolute atomic E-state index is 11.5. The SMILES string of the molecule is CCn1cc(-c2cc3c(-c4cccc(N5CCC[C@@H](NC(C)=O)C5)n4)n[nH]c3cn2)cn1. The molecule has 1 aliphatic rings. The lowest BCUT2D eigenvalue weighted by Crippen LogP contribution is -2.47. The predicted octanol–water partition coefficient (Wildman–Crippen LogP) is 3.01. The molecule has 1 amide bonds. The minimum absolute atomic E-state index is 0.00967. The Morgan fingerprint density at radius 2 is 2.19 bits per heavy atom. The summed E-state index contributed by atoms with van der Waals surface area (Å²) in [5, 5.41) is 16.0. The molecule has 2 N–H and O–H groups in total. The monoisotopic (exact) mass is 430 g/mol. The predicted molar refractivity (Wildman–Crippen MR) is 123 cm³/mol. The van der Waals surface area contributed by atoms with E-state index in [-0.39, 0.29) is 11.9 Å². The molecule has 1 fully saturated rings. The third kappa shape index (κ3) is 3.93. The van der Waals surface area contributed by atoms with Gasteiger partial charge in [-0.25, -0.2) is 4.98 Å². The molecule has 1 saturated heterocycles. The van der Waals surface area contributed by atoms with Gasteiger partial charge in [0, 0.05) is 49.7 Å². The van der Waals surface area contributed by atoms with Gasteiger partial charge in [-0.3, -0.25) is 19.6 Å². The first kappa shape index (κ1) is 20.2. The molecule has 0 unspecified atom stereocenters. The van der Waals surface area contributed by atoms with Crippen LogP contribution >= 0.6 is 0 Å². The van der Waals surface area contributed by atoms with Crippen molar-refractivity contribution in [1.82, 2.24) is 35.3 Å². The number of carbonyl (C=O) groups is 1. The number of amides is 1. The number of anilines is 1. The van der Waals surface area contributed by atoms with E-state index in [1.54, 1.807) is 13.1 Å². The van der Waals surface area contributed by atoms with Crippen molar-refractivity contribution in [3.8, 4) is 22.6 Å². The van der Waals surface area contributed by atoms with Crippen LogP contribution in [0.1, 0.15) is 26.7 Å².